The topological polar surface area (TPSA) is 66.8 Å². The summed E-state index contributed by atoms with van der Waals surface area (Å²) in [5.74, 6) is -0.749. The van der Waals surface area contributed by atoms with Crippen molar-refractivity contribution in [3.63, 3.8) is 0 Å². The van der Waals surface area contributed by atoms with Gasteiger partial charge < -0.3 is 5.11 Å². The number of carboxylic acid groups (broad SMARTS) is 1. The third-order valence-corrected chi connectivity index (χ3v) is 3.12. The van der Waals surface area contributed by atoms with Crippen molar-refractivity contribution < 1.29 is 20.0 Å². The highest BCUT2D eigenvalue weighted by molar-refractivity contribution is 5.66. The van der Waals surface area contributed by atoms with Crippen molar-refractivity contribution in [2.24, 2.45) is 0 Å². The summed E-state index contributed by atoms with van der Waals surface area (Å²) in [5.41, 5.74) is 0. The summed E-state index contributed by atoms with van der Waals surface area (Å²) in [6.07, 6.45) is 24.5. The van der Waals surface area contributed by atoms with Crippen molar-refractivity contribution in [3.05, 3.63) is 60.8 Å². The molecule has 0 saturated heterocycles. The molecule has 2 N–H and O–H groups in total. The van der Waals surface area contributed by atoms with E-state index < -0.39 is 5.97 Å². The van der Waals surface area contributed by atoms with Gasteiger partial charge in [-0.1, -0.05) is 67.7 Å². The predicted octanol–water partition coefficient (Wildman–Crippen LogP) is 5.46. The molecule has 0 heterocycles. The lowest BCUT2D eigenvalue weighted by atomic mass is 10.2. The first kappa shape index (κ1) is 22.1. The maximum absolute atomic E-state index is 10.3. The van der Waals surface area contributed by atoms with Crippen molar-refractivity contribution in [1.29, 1.82) is 0 Å². The monoisotopic (exact) mass is 334 g/mol. The second kappa shape index (κ2) is 17.4. The Balaban J connectivity index is 3.85. The van der Waals surface area contributed by atoms with Crippen molar-refractivity contribution >= 4 is 5.97 Å². The minimum absolute atomic E-state index is 0.217. The van der Waals surface area contributed by atoms with Gasteiger partial charge in [-0.3, -0.25) is 10.1 Å². The van der Waals surface area contributed by atoms with E-state index in [0.717, 1.165) is 25.7 Å². The van der Waals surface area contributed by atoms with E-state index in [2.05, 4.69) is 30.0 Å². The number of allylic oxidation sites excluding steroid dienone is 8. The molecule has 134 valence electrons. The highest BCUT2D eigenvalue weighted by atomic mass is 17.1. The van der Waals surface area contributed by atoms with Crippen LogP contribution in [0.2, 0.25) is 0 Å². The van der Waals surface area contributed by atoms with Gasteiger partial charge in [-0.25, -0.2) is 4.89 Å². The third-order valence-electron chi connectivity index (χ3n) is 3.12. The van der Waals surface area contributed by atoms with E-state index in [-0.39, 0.29) is 12.5 Å². The molecule has 0 rings (SSSR count). The molecule has 0 aromatic heterocycles. The molecule has 4 heteroatoms. The Morgan fingerprint density at radius 2 is 1.71 bits per heavy atom. The molecule has 4 nitrogen and oxygen atoms in total. The smallest absolute Gasteiger partial charge is 0.303 e. The van der Waals surface area contributed by atoms with E-state index in [1.54, 1.807) is 6.08 Å². The first-order valence-electron chi connectivity index (χ1n) is 8.51. The summed E-state index contributed by atoms with van der Waals surface area (Å²) in [7, 11) is 0. The largest absolute Gasteiger partial charge is 0.481 e. The standard InChI is InChI=1S/C20H30O4/c1-2-3-4-5-10-13-16-19(24-23)17-14-11-8-6-7-9-12-15-18-20(21)22/h3-4,7-11,13-14,17,19,23H,2,5-6,12,15-16,18H2,1H3,(H,21,22)/t19-/m0/s1. The minimum Gasteiger partial charge on any atom is -0.481 e. The Morgan fingerprint density at radius 1 is 1.00 bits per heavy atom. The summed E-state index contributed by atoms with van der Waals surface area (Å²) in [4.78, 5) is 14.8. The van der Waals surface area contributed by atoms with E-state index in [0.29, 0.717) is 12.8 Å². The normalized spacial score (nSPS) is 14.1. The molecule has 0 aliphatic rings. The van der Waals surface area contributed by atoms with Gasteiger partial charge in [0, 0.05) is 6.42 Å². The van der Waals surface area contributed by atoms with Crippen molar-refractivity contribution in [2.45, 2.75) is 58.0 Å². The first-order chi connectivity index (χ1) is 11.7. The third kappa shape index (κ3) is 16.5. The molecule has 0 aromatic rings. The number of unbranched alkanes of at least 4 members (excludes halogenated alkanes) is 1. The van der Waals surface area contributed by atoms with Crippen LogP contribution in [0.5, 0.6) is 0 Å². The quantitative estimate of drug-likeness (QED) is 0.145. The fourth-order valence-corrected chi connectivity index (χ4v) is 1.83. The molecule has 0 aliphatic carbocycles. The Morgan fingerprint density at radius 3 is 2.42 bits per heavy atom. The zero-order valence-electron chi connectivity index (χ0n) is 14.5. The van der Waals surface area contributed by atoms with Gasteiger partial charge >= 0.3 is 5.97 Å². The number of carboxylic acids is 1. The second-order valence-corrected chi connectivity index (χ2v) is 5.27. The summed E-state index contributed by atoms with van der Waals surface area (Å²) in [5, 5.41) is 17.4. The summed E-state index contributed by atoms with van der Waals surface area (Å²) >= 11 is 0. The van der Waals surface area contributed by atoms with Gasteiger partial charge in [-0.2, -0.15) is 0 Å². The Kier molecular flexibility index (Phi) is 16.1. The predicted molar refractivity (Wildman–Crippen MR) is 98.8 cm³/mol. The van der Waals surface area contributed by atoms with Crippen LogP contribution in [0.4, 0.5) is 0 Å². The van der Waals surface area contributed by atoms with Gasteiger partial charge in [-0.05, 0) is 38.5 Å². The molecular formula is C20H30O4. The molecule has 0 aliphatic heterocycles. The number of carbonyl (C=O) groups is 1. The zero-order chi connectivity index (χ0) is 17.9. The first-order valence-corrected chi connectivity index (χ1v) is 8.51. The Labute approximate surface area is 145 Å². The van der Waals surface area contributed by atoms with Gasteiger partial charge in [0.05, 0.1) is 0 Å². The highest BCUT2D eigenvalue weighted by Crippen LogP contribution is 2.02. The van der Waals surface area contributed by atoms with Crippen LogP contribution in [0, 0.1) is 0 Å². The fraction of sp³-hybridized carbons (Fsp3) is 0.450. The molecular weight excluding hydrogens is 304 g/mol. The second-order valence-electron chi connectivity index (χ2n) is 5.27. The number of hydrogen-bond donors (Lipinski definition) is 2. The van der Waals surface area contributed by atoms with Gasteiger partial charge in [-0.15, -0.1) is 0 Å². The maximum Gasteiger partial charge on any atom is 0.303 e. The highest BCUT2D eigenvalue weighted by Gasteiger charge is 1.99. The molecule has 0 aromatic carbocycles. The number of rotatable bonds is 14. The maximum atomic E-state index is 10.3. The van der Waals surface area contributed by atoms with Crippen LogP contribution in [-0.2, 0) is 9.68 Å². The van der Waals surface area contributed by atoms with Gasteiger partial charge in [0.2, 0.25) is 0 Å². The molecule has 0 spiro atoms. The van der Waals surface area contributed by atoms with E-state index in [1.165, 1.54) is 0 Å². The SMILES string of the molecule is CCC=CCC=CC[C@@H](C=CC=CCC=CCCCC(=O)O)OO. The van der Waals surface area contributed by atoms with E-state index in [4.69, 9.17) is 10.4 Å². The Hall–Kier alpha value is -1.91. The van der Waals surface area contributed by atoms with E-state index in [1.807, 2.05) is 36.5 Å². The lowest BCUT2D eigenvalue weighted by Gasteiger charge is -2.03. The molecule has 0 radical (unpaired) electrons. The Bertz CT molecular complexity index is 445. The van der Waals surface area contributed by atoms with Crippen LogP contribution in [0.15, 0.2) is 60.8 Å². The van der Waals surface area contributed by atoms with Crippen molar-refractivity contribution in [2.75, 3.05) is 0 Å². The van der Waals surface area contributed by atoms with Crippen LogP contribution in [-0.4, -0.2) is 22.4 Å². The molecule has 0 bridgehead atoms. The molecule has 0 fully saturated rings. The van der Waals surface area contributed by atoms with Crippen LogP contribution in [0.1, 0.15) is 51.9 Å². The van der Waals surface area contributed by atoms with Gasteiger partial charge in [0.1, 0.15) is 6.10 Å². The molecule has 0 saturated carbocycles. The van der Waals surface area contributed by atoms with Crippen LogP contribution < -0.4 is 0 Å². The van der Waals surface area contributed by atoms with Gasteiger partial charge in [0.25, 0.3) is 0 Å². The lowest BCUT2D eigenvalue weighted by Crippen LogP contribution is -2.04. The van der Waals surface area contributed by atoms with Crippen molar-refractivity contribution in [1.82, 2.24) is 0 Å². The van der Waals surface area contributed by atoms with Crippen LogP contribution in [0.25, 0.3) is 0 Å². The minimum atomic E-state index is -0.749. The average Bonchev–Trinajstić information content (AvgIpc) is 2.57. The summed E-state index contributed by atoms with van der Waals surface area (Å²) in [6.45, 7) is 2.10. The zero-order valence-corrected chi connectivity index (χ0v) is 14.5. The molecule has 1 atom stereocenters. The van der Waals surface area contributed by atoms with E-state index in [9.17, 15) is 4.79 Å². The fourth-order valence-electron chi connectivity index (χ4n) is 1.83. The van der Waals surface area contributed by atoms with Crippen molar-refractivity contribution in [3.8, 4) is 0 Å². The molecule has 24 heavy (non-hydrogen) atoms. The van der Waals surface area contributed by atoms with Crippen LogP contribution in [0.3, 0.4) is 0 Å². The number of hydrogen-bond acceptors (Lipinski definition) is 3. The van der Waals surface area contributed by atoms with E-state index >= 15 is 0 Å². The number of aliphatic carboxylic acids is 1. The lowest BCUT2D eigenvalue weighted by molar-refractivity contribution is -0.264. The van der Waals surface area contributed by atoms with Gasteiger partial charge in [0.15, 0.2) is 0 Å². The molecule has 0 unspecified atom stereocenters. The summed E-state index contributed by atoms with van der Waals surface area (Å²) < 4.78 is 0. The summed E-state index contributed by atoms with van der Waals surface area (Å²) in [6, 6.07) is 0. The molecule has 0 amide bonds. The average molecular weight is 334 g/mol. The van der Waals surface area contributed by atoms with Crippen LogP contribution >= 0.6 is 0 Å².